The number of amides is 2. The first kappa shape index (κ1) is 21.0. The monoisotopic (exact) mass is 394 g/mol. The summed E-state index contributed by atoms with van der Waals surface area (Å²) in [5, 5.41) is 0. The predicted octanol–water partition coefficient (Wildman–Crippen LogP) is 2.34. The molecule has 6 heteroatoms. The standard InChI is InChI=1S/C23H30N4O2/c1-2-12-27-15-14-26(13-9-22(24)28)17-20(23(27)29)16-19-5-3-4-6-21(19)18-7-10-25-11-8-18/h3-8,10-11,20H,2,9,12-17H2,1H3,(H2,24,28). The molecule has 1 saturated heterocycles. The zero-order valence-electron chi connectivity index (χ0n) is 17.1. The quantitative estimate of drug-likeness (QED) is 0.745. The number of nitrogens with zero attached hydrogens (tertiary/aromatic N) is 3. The molecule has 1 unspecified atom stereocenters. The van der Waals surface area contributed by atoms with E-state index in [0.29, 0.717) is 32.5 Å². The normalized spacial score (nSPS) is 17.9. The minimum Gasteiger partial charge on any atom is -0.370 e. The van der Waals surface area contributed by atoms with Crippen LogP contribution in [0.5, 0.6) is 0 Å². The highest BCUT2D eigenvalue weighted by Gasteiger charge is 2.30. The Bertz CT molecular complexity index is 825. The van der Waals surface area contributed by atoms with Crippen molar-refractivity contribution in [1.82, 2.24) is 14.8 Å². The minimum atomic E-state index is -0.300. The van der Waals surface area contributed by atoms with Crippen molar-refractivity contribution in [2.45, 2.75) is 26.2 Å². The summed E-state index contributed by atoms with van der Waals surface area (Å²) in [6.07, 6.45) is 5.51. The van der Waals surface area contributed by atoms with Gasteiger partial charge in [-0.3, -0.25) is 14.6 Å². The highest BCUT2D eigenvalue weighted by molar-refractivity contribution is 5.80. The first-order valence-corrected chi connectivity index (χ1v) is 10.4. The molecule has 3 rings (SSSR count). The molecule has 0 bridgehead atoms. The zero-order valence-corrected chi connectivity index (χ0v) is 17.1. The molecule has 1 aromatic heterocycles. The third kappa shape index (κ3) is 5.64. The molecule has 1 aromatic carbocycles. The third-order valence-electron chi connectivity index (χ3n) is 5.47. The van der Waals surface area contributed by atoms with Crippen molar-refractivity contribution in [2.24, 2.45) is 11.7 Å². The van der Waals surface area contributed by atoms with Crippen LogP contribution in [-0.4, -0.2) is 59.3 Å². The van der Waals surface area contributed by atoms with Crippen LogP contribution in [-0.2, 0) is 16.0 Å². The van der Waals surface area contributed by atoms with Gasteiger partial charge in [0.15, 0.2) is 0 Å². The molecule has 1 atom stereocenters. The summed E-state index contributed by atoms with van der Waals surface area (Å²) < 4.78 is 0. The van der Waals surface area contributed by atoms with Gasteiger partial charge in [-0.15, -0.1) is 0 Å². The molecule has 29 heavy (non-hydrogen) atoms. The molecule has 2 heterocycles. The van der Waals surface area contributed by atoms with Crippen LogP contribution in [0.15, 0.2) is 48.8 Å². The fourth-order valence-corrected chi connectivity index (χ4v) is 4.00. The number of pyridine rings is 1. The molecule has 0 spiro atoms. The van der Waals surface area contributed by atoms with Crippen LogP contribution in [0.4, 0.5) is 0 Å². The van der Waals surface area contributed by atoms with Gasteiger partial charge in [0, 0.05) is 51.5 Å². The van der Waals surface area contributed by atoms with E-state index in [1.54, 1.807) is 12.4 Å². The van der Waals surface area contributed by atoms with Gasteiger partial charge in [0.25, 0.3) is 0 Å². The number of carbonyl (C=O) groups is 2. The molecule has 1 aliphatic heterocycles. The maximum atomic E-state index is 13.3. The number of nitrogens with two attached hydrogens (primary N) is 1. The highest BCUT2D eigenvalue weighted by atomic mass is 16.2. The number of aromatic nitrogens is 1. The summed E-state index contributed by atoms with van der Waals surface area (Å²) >= 11 is 0. The first-order valence-electron chi connectivity index (χ1n) is 10.4. The molecule has 2 N–H and O–H groups in total. The van der Waals surface area contributed by atoms with Crippen LogP contribution >= 0.6 is 0 Å². The topological polar surface area (TPSA) is 79.5 Å². The molecule has 1 aliphatic rings. The van der Waals surface area contributed by atoms with Crippen LogP contribution < -0.4 is 5.73 Å². The van der Waals surface area contributed by atoms with E-state index in [9.17, 15) is 9.59 Å². The Kier molecular flexibility index (Phi) is 7.36. The van der Waals surface area contributed by atoms with Gasteiger partial charge < -0.3 is 15.5 Å². The second-order valence-electron chi connectivity index (χ2n) is 7.64. The molecule has 0 aliphatic carbocycles. The van der Waals surface area contributed by atoms with Crippen LogP contribution in [0.2, 0.25) is 0 Å². The smallest absolute Gasteiger partial charge is 0.227 e. The van der Waals surface area contributed by atoms with Gasteiger partial charge in [-0.1, -0.05) is 31.2 Å². The molecule has 154 valence electrons. The molecule has 2 amide bonds. The first-order chi connectivity index (χ1) is 14.1. The van der Waals surface area contributed by atoms with Crippen molar-refractivity contribution >= 4 is 11.8 Å². The third-order valence-corrected chi connectivity index (χ3v) is 5.47. The average molecular weight is 395 g/mol. The summed E-state index contributed by atoms with van der Waals surface area (Å²) in [6, 6.07) is 12.2. The number of hydrogen-bond acceptors (Lipinski definition) is 4. The number of primary amides is 1. The summed E-state index contributed by atoms with van der Waals surface area (Å²) in [4.78, 5) is 32.8. The lowest BCUT2D eigenvalue weighted by Gasteiger charge is -2.24. The fourth-order valence-electron chi connectivity index (χ4n) is 4.00. The minimum absolute atomic E-state index is 0.139. The maximum Gasteiger partial charge on any atom is 0.227 e. The largest absolute Gasteiger partial charge is 0.370 e. The van der Waals surface area contributed by atoms with Crippen molar-refractivity contribution in [3.63, 3.8) is 0 Å². The second-order valence-corrected chi connectivity index (χ2v) is 7.64. The van der Waals surface area contributed by atoms with E-state index >= 15 is 0 Å². The van der Waals surface area contributed by atoms with E-state index in [0.717, 1.165) is 36.2 Å². The lowest BCUT2D eigenvalue weighted by atomic mass is 9.91. The molecular formula is C23H30N4O2. The maximum absolute atomic E-state index is 13.3. The van der Waals surface area contributed by atoms with E-state index in [4.69, 9.17) is 5.73 Å². The van der Waals surface area contributed by atoms with Gasteiger partial charge in [-0.2, -0.15) is 0 Å². The van der Waals surface area contributed by atoms with Gasteiger partial charge in [-0.25, -0.2) is 0 Å². The SMILES string of the molecule is CCCN1CCN(CCC(N)=O)CC(Cc2ccccc2-c2ccncc2)C1=O. The Morgan fingerprint density at radius 1 is 1.14 bits per heavy atom. The Hall–Kier alpha value is -2.73. The summed E-state index contributed by atoms with van der Waals surface area (Å²) in [5.74, 6) is -0.233. The number of hydrogen-bond donors (Lipinski definition) is 1. The Balaban J connectivity index is 1.84. The predicted molar refractivity (Wildman–Crippen MR) is 114 cm³/mol. The van der Waals surface area contributed by atoms with Crippen molar-refractivity contribution in [3.05, 3.63) is 54.4 Å². The van der Waals surface area contributed by atoms with Crippen molar-refractivity contribution < 1.29 is 9.59 Å². The lowest BCUT2D eigenvalue weighted by molar-refractivity contribution is -0.134. The Morgan fingerprint density at radius 3 is 2.62 bits per heavy atom. The Morgan fingerprint density at radius 2 is 1.90 bits per heavy atom. The van der Waals surface area contributed by atoms with Crippen LogP contribution in [0.25, 0.3) is 11.1 Å². The van der Waals surface area contributed by atoms with Crippen LogP contribution in [0.3, 0.4) is 0 Å². The van der Waals surface area contributed by atoms with Gasteiger partial charge in [0.2, 0.25) is 11.8 Å². The van der Waals surface area contributed by atoms with E-state index < -0.39 is 0 Å². The van der Waals surface area contributed by atoms with Gasteiger partial charge >= 0.3 is 0 Å². The fraction of sp³-hybridized carbons (Fsp3) is 0.435. The van der Waals surface area contributed by atoms with Crippen molar-refractivity contribution in [1.29, 1.82) is 0 Å². The number of benzene rings is 1. The van der Waals surface area contributed by atoms with E-state index in [1.807, 2.05) is 29.2 Å². The van der Waals surface area contributed by atoms with E-state index in [2.05, 4.69) is 28.9 Å². The summed E-state index contributed by atoms with van der Waals surface area (Å²) in [7, 11) is 0. The highest BCUT2D eigenvalue weighted by Crippen LogP contribution is 2.27. The number of rotatable bonds is 8. The van der Waals surface area contributed by atoms with Crippen LogP contribution in [0, 0.1) is 5.92 Å². The second kappa shape index (κ2) is 10.2. The van der Waals surface area contributed by atoms with Crippen molar-refractivity contribution in [3.8, 4) is 11.1 Å². The molecular weight excluding hydrogens is 364 g/mol. The van der Waals surface area contributed by atoms with Crippen molar-refractivity contribution in [2.75, 3.05) is 32.7 Å². The summed E-state index contributed by atoms with van der Waals surface area (Å²) in [5.41, 5.74) is 8.74. The molecule has 1 fully saturated rings. The average Bonchev–Trinajstić information content (AvgIpc) is 2.87. The van der Waals surface area contributed by atoms with E-state index in [1.165, 1.54) is 0 Å². The molecule has 2 aromatic rings. The van der Waals surface area contributed by atoms with Gasteiger partial charge in [0.1, 0.15) is 0 Å². The molecule has 0 saturated carbocycles. The van der Waals surface area contributed by atoms with Gasteiger partial charge in [0.05, 0.1) is 5.92 Å². The summed E-state index contributed by atoms with van der Waals surface area (Å²) in [6.45, 7) is 5.60. The van der Waals surface area contributed by atoms with Crippen LogP contribution in [0.1, 0.15) is 25.3 Å². The molecule has 0 radical (unpaired) electrons. The molecule has 6 nitrogen and oxygen atoms in total. The number of carbonyl (C=O) groups excluding carboxylic acids is 2. The Labute approximate surface area is 172 Å². The zero-order chi connectivity index (χ0) is 20.6. The van der Waals surface area contributed by atoms with Gasteiger partial charge in [-0.05, 0) is 41.7 Å². The van der Waals surface area contributed by atoms with E-state index in [-0.39, 0.29) is 17.7 Å². The lowest BCUT2D eigenvalue weighted by Crippen LogP contribution is -2.38.